The zero-order valence-corrected chi connectivity index (χ0v) is 16.1. The zero-order valence-electron chi connectivity index (χ0n) is 14.5. The zero-order chi connectivity index (χ0) is 19.6. The van der Waals surface area contributed by atoms with Gasteiger partial charge in [-0.25, -0.2) is 0 Å². The van der Waals surface area contributed by atoms with Crippen LogP contribution in [0.2, 0.25) is 5.02 Å². The van der Waals surface area contributed by atoms with E-state index in [0.717, 1.165) is 11.1 Å². The lowest BCUT2D eigenvalue weighted by Crippen LogP contribution is -2.48. The first kappa shape index (κ1) is 20.4. The Morgan fingerprint density at radius 3 is 2.37 bits per heavy atom. The number of hydrogen-bond donors (Lipinski definition) is 3. The van der Waals surface area contributed by atoms with E-state index in [1.54, 1.807) is 61.7 Å². The van der Waals surface area contributed by atoms with Crippen molar-refractivity contribution in [1.82, 2.24) is 16.2 Å². The van der Waals surface area contributed by atoms with Crippen molar-refractivity contribution in [1.29, 1.82) is 0 Å². The summed E-state index contributed by atoms with van der Waals surface area (Å²) in [6, 6.07) is 14.1. The second-order valence-corrected chi connectivity index (χ2v) is 6.25. The van der Waals surface area contributed by atoms with Gasteiger partial charge in [-0.3, -0.25) is 25.8 Å². The molecule has 0 heterocycles. The van der Waals surface area contributed by atoms with Crippen LogP contribution in [0.25, 0.3) is 6.08 Å². The molecule has 0 aliphatic heterocycles. The summed E-state index contributed by atoms with van der Waals surface area (Å²) in [5.41, 5.74) is 6.55. The minimum Gasteiger partial charge on any atom is -0.497 e. The Labute approximate surface area is 167 Å². The molecule has 0 saturated carbocycles. The third-order valence-electron chi connectivity index (χ3n) is 3.37. The maximum absolute atomic E-state index is 11.9. The van der Waals surface area contributed by atoms with Gasteiger partial charge in [0.1, 0.15) is 5.75 Å². The third kappa shape index (κ3) is 7.47. The van der Waals surface area contributed by atoms with E-state index >= 15 is 0 Å². The third-order valence-corrected chi connectivity index (χ3v) is 3.83. The Morgan fingerprint density at radius 2 is 1.74 bits per heavy atom. The van der Waals surface area contributed by atoms with Crippen LogP contribution >= 0.6 is 23.8 Å². The van der Waals surface area contributed by atoms with Crippen molar-refractivity contribution < 1.29 is 14.3 Å². The molecular formula is C19H18ClN3O3S. The molecule has 0 aromatic heterocycles. The first-order valence-electron chi connectivity index (χ1n) is 7.92. The van der Waals surface area contributed by atoms with E-state index in [1.165, 1.54) is 6.08 Å². The number of ether oxygens (including phenoxy) is 1. The van der Waals surface area contributed by atoms with Crippen LogP contribution in [0.5, 0.6) is 5.75 Å². The predicted molar refractivity (Wildman–Crippen MR) is 109 cm³/mol. The Hall–Kier alpha value is -2.90. The molecule has 0 radical (unpaired) electrons. The molecule has 0 aliphatic rings. The summed E-state index contributed by atoms with van der Waals surface area (Å²) >= 11 is 10.8. The van der Waals surface area contributed by atoms with Crippen molar-refractivity contribution in [2.75, 3.05) is 7.11 Å². The van der Waals surface area contributed by atoms with Crippen molar-refractivity contribution in [3.63, 3.8) is 0 Å². The van der Waals surface area contributed by atoms with E-state index in [9.17, 15) is 9.59 Å². The number of hydrogen-bond acceptors (Lipinski definition) is 4. The van der Waals surface area contributed by atoms with Crippen LogP contribution < -0.4 is 20.9 Å². The Morgan fingerprint density at radius 1 is 1.07 bits per heavy atom. The van der Waals surface area contributed by atoms with E-state index in [-0.39, 0.29) is 17.4 Å². The molecule has 0 fully saturated rings. The van der Waals surface area contributed by atoms with Crippen LogP contribution in [-0.4, -0.2) is 24.0 Å². The summed E-state index contributed by atoms with van der Waals surface area (Å²) in [5, 5.41) is 3.04. The van der Waals surface area contributed by atoms with Crippen molar-refractivity contribution >= 4 is 46.8 Å². The monoisotopic (exact) mass is 403 g/mol. The van der Waals surface area contributed by atoms with Gasteiger partial charge in [0, 0.05) is 11.1 Å². The summed E-state index contributed by atoms with van der Waals surface area (Å²) < 4.78 is 5.06. The molecule has 0 unspecified atom stereocenters. The molecule has 6 nitrogen and oxygen atoms in total. The number of carbonyl (C=O) groups excluding carboxylic acids is 2. The van der Waals surface area contributed by atoms with Gasteiger partial charge < -0.3 is 4.74 Å². The summed E-state index contributed by atoms with van der Waals surface area (Å²) in [4.78, 5) is 23.7. The van der Waals surface area contributed by atoms with E-state index in [2.05, 4.69) is 16.2 Å². The molecule has 140 valence electrons. The standard InChI is InChI=1S/C19H18ClN3O3S/c1-26-16-9-4-14(5-10-16)12-18(25)22-23-19(27)21-17(24)11-6-13-2-7-15(20)8-3-13/h2-11H,12H2,1H3,(H,22,25)(H2,21,23,24,27)/b11-6+. The second kappa shape index (κ2) is 10.3. The summed E-state index contributed by atoms with van der Waals surface area (Å²) in [7, 11) is 1.57. The lowest BCUT2D eigenvalue weighted by Gasteiger charge is -2.10. The van der Waals surface area contributed by atoms with Crippen molar-refractivity contribution in [2.45, 2.75) is 6.42 Å². The molecule has 0 saturated heterocycles. The van der Waals surface area contributed by atoms with Gasteiger partial charge in [0.25, 0.3) is 0 Å². The number of methoxy groups -OCH3 is 1. The van der Waals surface area contributed by atoms with Gasteiger partial charge >= 0.3 is 0 Å². The van der Waals surface area contributed by atoms with Gasteiger partial charge in [-0.05, 0) is 53.7 Å². The summed E-state index contributed by atoms with van der Waals surface area (Å²) in [5.74, 6) is -0.00634. The van der Waals surface area contributed by atoms with Crippen molar-refractivity contribution in [2.24, 2.45) is 0 Å². The largest absolute Gasteiger partial charge is 0.497 e. The molecular weight excluding hydrogens is 386 g/mol. The van der Waals surface area contributed by atoms with E-state index in [1.807, 2.05) is 0 Å². The van der Waals surface area contributed by atoms with Crippen LogP contribution in [0, 0.1) is 0 Å². The lowest BCUT2D eigenvalue weighted by atomic mass is 10.1. The average Bonchev–Trinajstić information content (AvgIpc) is 2.66. The summed E-state index contributed by atoms with van der Waals surface area (Å²) in [6.07, 6.45) is 3.11. The molecule has 2 amide bonds. The van der Waals surface area contributed by atoms with Gasteiger partial charge in [-0.2, -0.15) is 0 Å². The molecule has 2 aromatic rings. The van der Waals surface area contributed by atoms with Crippen molar-refractivity contribution in [3.8, 4) is 5.75 Å². The molecule has 0 bridgehead atoms. The highest BCUT2D eigenvalue weighted by Crippen LogP contribution is 2.11. The van der Waals surface area contributed by atoms with Gasteiger partial charge in [0.2, 0.25) is 11.8 Å². The number of carbonyl (C=O) groups is 2. The molecule has 2 aromatic carbocycles. The molecule has 0 spiro atoms. The fraction of sp³-hybridized carbons (Fsp3) is 0.105. The molecule has 27 heavy (non-hydrogen) atoms. The number of nitrogens with one attached hydrogen (secondary N) is 3. The number of thiocarbonyl (C=S) groups is 1. The van der Waals surface area contributed by atoms with Gasteiger partial charge in [-0.1, -0.05) is 35.9 Å². The fourth-order valence-electron chi connectivity index (χ4n) is 2.03. The predicted octanol–water partition coefficient (Wildman–Crippen LogP) is 2.63. The second-order valence-electron chi connectivity index (χ2n) is 5.40. The Bertz CT molecular complexity index is 836. The SMILES string of the molecule is COc1ccc(CC(=O)NNC(=S)NC(=O)/C=C/c2ccc(Cl)cc2)cc1. The topological polar surface area (TPSA) is 79.5 Å². The highest BCUT2D eigenvalue weighted by atomic mass is 35.5. The molecule has 0 aliphatic carbocycles. The number of benzene rings is 2. The first-order valence-corrected chi connectivity index (χ1v) is 8.71. The fourth-order valence-corrected chi connectivity index (χ4v) is 2.31. The van der Waals surface area contributed by atoms with E-state index in [0.29, 0.717) is 10.8 Å². The average molecular weight is 404 g/mol. The molecule has 2 rings (SSSR count). The maximum atomic E-state index is 11.9. The molecule has 8 heteroatoms. The Balaban J connectivity index is 1.73. The number of amides is 2. The van der Waals surface area contributed by atoms with Crippen molar-refractivity contribution in [3.05, 3.63) is 70.8 Å². The van der Waals surface area contributed by atoms with Crippen LogP contribution in [0.1, 0.15) is 11.1 Å². The maximum Gasteiger partial charge on any atom is 0.250 e. The normalized spacial score (nSPS) is 10.3. The van der Waals surface area contributed by atoms with Gasteiger partial charge in [-0.15, -0.1) is 0 Å². The molecule has 0 atom stereocenters. The number of halogens is 1. The quantitative estimate of drug-likeness (QED) is 0.406. The van der Waals surface area contributed by atoms with E-state index in [4.69, 9.17) is 28.6 Å². The number of hydrazine groups is 1. The van der Waals surface area contributed by atoms with Gasteiger partial charge in [0.05, 0.1) is 13.5 Å². The van der Waals surface area contributed by atoms with Crippen LogP contribution in [0.15, 0.2) is 54.6 Å². The lowest BCUT2D eigenvalue weighted by molar-refractivity contribution is -0.121. The van der Waals surface area contributed by atoms with Crippen LogP contribution in [0.3, 0.4) is 0 Å². The first-order chi connectivity index (χ1) is 13.0. The summed E-state index contributed by atoms with van der Waals surface area (Å²) in [6.45, 7) is 0. The minimum atomic E-state index is -0.424. The van der Waals surface area contributed by atoms with Crippen LogP contribution in [-0.2, 0) is 16.0 Å². The number of rotatable bonds is 5. The van der Waals surface area contributed by atoms with E-state index < -0.39 is 5.91 Å². The minimum absolute atomic E-state index is 0.0103. The highest BCUT2D eigenvalue weighted by Gasteiger charge is 2.05. The van der Waals surface area contributed by atoms with Crippen LogP contribution in [0.4, 0.5) is 0 Å². The smallest absolute Gasteiger partial charge is 0.250 e. The highest BCUT2D eigenvalue weighted by molar-refractivity contribution is 7.80. The van der Waals surface area contributed by atoms with Gasteiger partial charge in [0.15, 0.2) is 5.11 Å². The Kier molecular flexibility index (Phi) is 7.79. The molecule has 3 N–H and O–H groups in total.